The highest BCUT2D eigenvalue weighted by atomic mass is 16.5. The highest BCUT2D eigenvalue weighted by molar-refractivity contribution is 5.83. The smallest absolute Gasteiger partial charge is 0.407 e. The Morgan fingerprint density at radius 3 is 3.00 bits per heavy atom. The molecule has 0 spiro atoms. The van der Waals surface area contributed by atoms with Crippen molar-refractivity contribution in [2.45, 2.75) is 12.8 Å². The van der Waals surface area contributed by atoms with Crippen LogP contribution in [0.25, 0.3) is 0 Å². The van der Waals surface area contributed by atoms with Gasteiger partial charge in [0.05, 0.1) is 12.2 Å². The fraction of sp³-hybridized carbons (Fsp3) is 0.429. The van der Waals surface area contributed by atoms with Gasteiger partial charge in [-0.2, -0.15) is 0 Å². The van der Waals surface area contributed by atoms with Gasteiger partial charge in [0.2, 0.25) is 0 Å². The largest absolute Gasteiger partial charge is 0.507 e. The van der Waals surface area contributed by atoms with Crippen LogP contribution in [0.1, 0.15) is 23.2 Å². The van der Waals surface area contributed by atoms with E-state index in [1.54, 1.807) is 12.1 Å². The van der Waals surface area contributed by atoms with Crippen LogP contribution in [-0.4, -0.2) is 47.2 Å². The van der Waals surface area contributed by atoms with E-state index in [0.29, 0.717) is 31.7 Å². The second kappa shape index (κ2) is 6.27. The molecule has 2 rings (SSSR count). The Kier molecular flexibility index (Phi) is 4.45. The molecule has 6 heteroatoms. The van der Waals surface area contributed by atoms with Crippen LogP contribution in [0.3, 0.4) is 0 Å². The number of carbonyl (C=O) groups excluding carboxylic acids is 1. The maximum absolute atomic E-state index is 10.9. The van der Waals surface area contributed by atoms with Crippen molar-refractivity contribution >= 4 is 12.4 Å². The number of hydrogen-bond acceptors (Lipinski definition) is 4. The van der Waals surface area contributed by atoms with Gasteiger partial charge in [0.25, 0.3) is 0 Å². The summed E-state index contributed by atoms with van der Waals surface area (Å²) in [5, 5.41) is 18.5. The summed E-state index contributed by atoms with van der Waals surface area (Å²) in [6, 6.07) is 4.63. The zero-order chi connectivity index (χ0) is 14.5. The van der Waals surface area contributed by atoms with Gasteiger partial charge in [0.15, 0.2) is 6.29 Å². The van der Waals surface area contributed by atoms with E-state index in [9.17, 15) is 14.7 Å². The molecular weight excluding hydrogens is 262 g/mol. The van der Waals surface area contributed by atoms with Gasteiger partial charge in [-0.25, -0.2) is 4.79 Å². The van der Waals surface area contributed by atoms with Gasteiger partial charge in [-0.3, -0.25) is 4.79 Å². The summed E-state index contributed by atoms with van der Waals surface area (Å²) in [5.74, 6) is 0.308. The molecule has 6 nitrogen and oxygen atoms in total. The summed E-state index contributed by atoms with van der Waals surface area (Å²) in [4.78, 5) is 23.2. The van der Waals surface area contributed by atoms with Crippen molar-refractivity contribution in [2.75, 3.05) is 19.7 Å². The molecule has 0 bridgehead atoms. The fourth-order valence-corrected chi connectivity index (χ4v) is 2.36. The van der Waals surface area contributed by atoms with Crippen LogP contribution in [0.5, 0.6) is 11.5 Å². The lowest BCUT2D eigenvalue weighted by Gasteiger charge is -2.30. The number of carboxylic acid groups (broad SMARTS) is 1. The lowest BCUT2D eigenvalue weighted by Crippen LogP contribution is -2.40. The van der Waals surface area contributed by atoms with Gasteiger partial charge in [-0.05, 0) is 25.0 Å². The number of carbonyl (C=O) groups is 2. The Hall–Kier alpha value is -2.24. The highest BCUT2D eigenvalue weighted by Crippen LogP contribution is 2.26. The number of amides is 1. The first-order valence-electron chi connectivity index (χ1n) is 6.49. The maximum atomic E-state index is 10.9. The van der Waals surface area contributed by atoms with Crippen LogP contribution in [0, 0.1) is 5.92 Å². The van der Waals surface area contributed by atoms with Gasteiger partial charge in [-0.15, -0.1) is 0 Å². The quantitative estimate of drug-likeness (QED) is 0.823. The van der Waals surface area contributed by atoms with Crippen molar-refractivity contribution in [2.24, 2.45) is 5.92 Å². The monoisotopic (exact) mass is 279 g/mol. The second-order valence-corrected chi connectivity index (χ2v) is 4.85. The number of hydrogen-bond donors (Lipinski definition) is 2. The molecule has 1 fully saturated rings. The summed E-state index contributed by atoms with van der Waals surface area (Å²) in [5.41, 5.74) is 0.124. The minimum atomic E-state index is -0.916. The van der Waals surface area contributed by atoms with Crippen molar-refractivity contribution in [3.8, 4) is 11.5 Å². The molecule has 1 saturated heterocycles. The number of likely N-dealkylation sites (tertiary alicyclic amines) is 1. The normalized spacial score (nSPS) is 18.6. The molecule has 0 aromatic heterocycles. The number of phenols is 1. The maximum Gasteiger partial charge on any atom is 0.407 e. The molecule has 0 saturated carbocycles. The Morgan fingerprint density at radius 1 is 1.50 bits per heavy atom. The van der Waals surface area contributed by atoms with Crippen molar-refractivity contribution < 1.29 is 24.5 Å². The summed E-state index contributed by atoms with van der Waals surface area (Å²) >= 11 is 0. The third-order valence-corrected chi connectivity index (χ3v) is 3.43. The SMILES string of the molecule is O=Cc1c(O)cccc1OC[C@H]1CCCN(C(=O)O)C1. The van der Waals surface area contributed by atoms with Crippen molar-refractivity contribution in [1.29, 1.82) is 0 Å². The first-order valence-corrected chi connectivity index (χ1v) is 6.49. The zero-order valence-electron chi connectivity index (χ0n) is 11.0. The molecule has 20 heavy (non-hydrogen) atoms. The molecular formula is C14H17NO5. The molecule has 1 atom stereocenters. The van der Waals surface area contributed by atoms with Crippen LogP contribution in [0.15, 0.2) is 18.2 Å². The number of aromatic hydroxyl groups is 1. The van der Waals surface area contributed by atoms with Gasteiger partial charge < -0.3 is 19.8 Å². The predicted molar refractivity (Wildman–Crippen MR) is 71.3 cm³/mol. The van der Waals surface area contributed by atoms with E-state index in [0.717, 1.165) is 12.8 Å². The number of benzene rings is 1. The van der Waals surface area contributed by atoms with E-state index in [-0.39, 0.29) is 17.2 Å². The number of nitrogens with zero attached hydrogens (tertiary/aromatic N) is 1. The van der Waals surface area contributed by atoms with E-state index < -0.39 is 6.09 Å². The molecule has 0 aliphatic carbocycles. The first kappa shape index (κ1) is 14.2. The van der Waals surface area contributed by atoms with Gasteiger partial charge in [0, 0.05) is 19.0 Å². The van der Waals surface area contributed by atoms with Crippen LogP contribution in [-0.2, 0) is 0 Å². The highest BCUT2D eigenvalue weighted by Gasteiger charge is 2.24. The number of aldehydes is 1. The van der Waals surface area contributed by atoms with E-state index in [1.165, 1.54) is 11.0 Å². The van der Waals surface area contributed by atoms with Gasteiger partial charge in [0.1, 0.15) is 11.5 Å². The van der Waals surface area contributed by atoms with E-state index >= 15 is 0 Å². The van der Waals surface area contributed by atoms with Crippen molar-refractivity contribution in [3.63, 3.8) is 0 Å². The molecule has 1 aliphatic rings. The number of ether oxygens (including phenoxy) is 1. The van der Waals surface area contributed by atoms with Gasteiger partial charge >= 0.3 is 6.09 Å². The lowest BCUT2D eigenvalue weighted by molar-refractivity contribution is 0.104. The van der Waals surface area contributed by atoms with Gasteiger partial charge in [-0.1, -0.05) is 6.07 Å². The summed E-state index contributed by atoms with van der Waals surface area (Å²) < 4.78 is 5.57. The minimum Gasteiger partial charge on any atom is -0.507 e. The standard InChI is InChI=1S/C14H17NO5/c16-8-11-12(17)4-1-5-13(11)20-9-10-3-2-6-15(7-10)14(18)19/h1,4-5,8,10,17H,2-3,6-7,9H2,(H,18,19)/t10-/m0/s1. The predicted octanol–water partition coefficient (Wildman–Crippen LogP) is 1.97. The molecule has 1 aromatic rings. The van der Waals surface area contributed by atoms with Crippen LogP contribution in [0.2, 0.25) is 0 Å². The number of piperidine rings is 1. The van der Waals surface area contributed by atoms with Crippen LogP contribution in [0.4, 0.5) is 4.79 Å². The fourth-order valence-electron chi connectivity index (χ4n) is 2.36. The average Bonchev–Trinajstić information content (AvgIpc) is 2.45. The van der Waals surface area contributed by atoms with E-state index in [1.807, 2.05) is 0 Å². The summed E-state index contributed by atoms with van der Waals surface area (Å²) in [7, 11) is 0. The average molecular weight is 279 g/mol. The molecule has 2 N–H and O–H groups in total. The number of rotatable bonds is 4. The zero-order valence-corrected chi connectivity index (χ0v) is 11.0. The summed E-state index contributed by atoms with van der Waals surface area (Å²) in [6.45, 7) is 1.32. The molecule has 1 amide bonds. The first-order chi connectivity index (χ1) is 9.61. The van der Waals surface area contributed by atoms with Crippen LogP contribution < -0.4 is 4.74 Å². The Labute approximate surface area is 116 Å². The minimum absolute atomic E-state index is 0.0988. The molecule has 1 aromatic carbocycles. The second-order valence-electron chi connectivity index (χ2n) is 4.85. The lowest BCUT2D eigenvalue weighted by atomic mass is 9.99. The third kappa shape index (κ3) is 3.20. The molecule has 1 heterocycles. The van der Waals surface area contributed by atoms with Crippen molar-refractivity contribution in [1.82, 2.24) is 4.90 Å². The van der Waals surface area contributed by atoms with Crippen LogP contribution >= 0.6 is 0 Å². The third-order valence-electron chi connectivity index (χ3n) is 3.43. The molecule has 0 radical (unpaired) electrons. The molecule has 108 valence electrons. The Morgan fingerprint density at radius 2 is 2.30 bits per heavy atom. The van der Waals surface area contributed by atoms with Crippen molar-refractivity contribution in [3.05, 3.63) is 23.8 Å². The number of phenolic OH excluding ortho intramolecular Hbond substituents is 1. The Balaban J connectivity index is 1.97. The topological polar surface area (TPSA) is 87.1 Å². The molecule has 0 unspecified atom stereocenters. The summed E-state index contributed by atoms with van der Waals surface area (Å²) in [6.07, 6.45) is 1.33. The Bertz CT molecular complexity index is 502. The molecule has 1 aliphatic heterocycles. The van der Waals surface area contributed by atoms with E-state index in [2.05, 4.69) is 0 Å². The van der Waals surface area contributed by atoms with E-state index in [4.69, 9.17) is 9.84 Å².